The maximum atomic E-state index is 11.8. The summed E-state index contributed by atoms with van der Waals surface area (Å²) in [5.74, 6) is -1.32. The summed E-state index contributed by atoms with van der Waals surface area (Å²) in [6.07, 6.45) is -4.21. The van der Waals surface area contributed by atoms with Crippen LogP contribution in [0.5, 0.6) is 0 Å². The van der Waals surface area contributed by atoms with E-state index in [2.05, 4.69) is 5.32 Å². The largest absolute Gasteiger partial charge is 0.389 e. The van der Waals surface area contributed by atoms with Crippen molar-refractivity contribution < 1.29 is 18.0 Å². The van der Waals surface area contributed by atoms with Gasteiger partial charge in [0.05, 0.1) is 6.42 Å². The molecular formula is C7H10F3NO. The van der Waals surface area contributed by atoms with Gasteiger partial charge in [0.1, 0.15) is 0 Å². The van der Waals surface area contributed by atoms with Crippen LogP contribution in [0, 0.1) is 5.92 Å². The first-order valence-electron chi connectivity index (χ1n) is 3.83. The Hall–Kier alpha value is -0.740. The Labute approximate surface area is 68.1 Å². The molecule has 0 saturated carbocycles. The average Bonchev–Trinajstić information content (AvgIpc) is 1.91. The number of rotatable bonds is 1. The smallest absolute Gasteiger partial charge is 0.356 e. The molecule has 70 valence electrons. The molecule has 0 aliphatic carbocycles. The van der Waals surface area contributed by atoms with Crippen molar-refractivity contribution in [2.45, 2.75) is 25.4 Å². The summed E-state index contributed by atoms with van der Waals surface area (Å²) in [6.45, 7) is 0.507. The van der Waals surface area contributed by atoms with E-state index in [0.717, 1.165) is 0 Å². The van der Waals surface area contributed by atoms with Crippen molar-refractivity contribution in [3.63, 3.8) is 0 Å². The zero-order valence-electron chi connectivity index (χ0n) is 6.45. The predicted octanol–water partition coefficient (Wildman–Crippen LogP) is 1.47. The Morgan fingerprint density at radius 2 is 2.17 bits per heavy atom. The molecule has 1 aliphatic heterocycles. The van der Waals surface area contributed by atoms with E-state index in [0.29, 0.717) is 19.4 Å². The summed E-state index contributed by atoms with van der Waals surface area (Å²) in [5, 5.41) is 2.42. The van der Waals surface area contributed by atoms with Crippen molar-refractivity contribution in [3.05, 3.63) is 0 Å². The van der Waals surface area contributed by atoms with Crippen LogP contribution in [-0.2, 0) is 4.79 Å². The molecule has 0 aromatic carbocycles. The predicted molar refractivity (Wildman–Crippen MR) is 36.4 cm³/mol. The number of hydrogen-bond donors (Lipinski definition) is 1. The number of piperidine rings is 1. The molecule has 1 N–H and O–H groups in total. The van der Waals surface area contributed by atoms with Gasteiger partial charge in [-0.1, -0.05) is 0 Å². The van der Waals surface area contributed by atoms with Gasteiger partial charge < -0.3 is 5.32 Å². The lowest BCUT2D eigenvalue weighted by Gasteiger charge is -2.22. The van der Waals surface area contributed by atoms with Crippen LogP contribution >= 0.6 is 0 Å². The number of alkyl halides is 3. The molecule has 0 radical (unpaired) electrons. The lowest BCUT2D eigenvalue weighted by molar-refractivity contribution is -0.156. The topological polar surface area (TPSA) is 29.1 Å². The molecule has 1 aliphatic rings. The summed E-state index contributed by atoms with van der Waals surface area (Å²) in [5.41, 5.74) is 0. The van der Waals surface area contributed by atoms with Crippen molar-refractivity contribution >= 4 is 5.91 Å². The van der Waals surface area contributed by atoms with Gasteiger partial charge in [-0.15, -0.1) is 0 Å². The minimum absolute atomic E-state index is 0.353. The highest BCUT2D eigenvalue weighted by molar-refractivity contribution is 5.79. The molecule has 1 fully saturated rings. The Kier molecular flexibility index (Phi) is 2.59. The first kappa shape index (κ1) is 9.35. The van der Waals surface area contributed by atoms with Crippen molar-refractivity contribution in [3.8, 4) is 0 Å². The summed E-state index contributed by atoms with van der Waals surface area (Å²) < 4.78 is 35.5. The van der Waals surface area contributed by atoms with Crippen LogP contribution in [0.2, 0.25) is 0 Å². The standard InChI is InChI=1S/C7H10F3NO/c8-7(9,10)4-5-2-1-3-11-6(5)12/h5H,1-4H2,(H,11,12)/t5-/m1/s1. The zero-order valence-corrected chi connectivity index (χ0v) is 6.45. The molecule has 12 heavy (non-hydrogen) atoms. The van der Waals surface area contributed by atoms with Crippen LogP contribution in [0.25, 0.3) is 0 Å². The summed E-state index contributed by atoms with van der Waals surface area (Å²) >= 11 is 0. The van der Waals surface area contributed by atoms with Crippen molar-refractivity contribution in [2.24, 2.45) is 5.92 Å². The number of nitrogens with one attached hydrogen (secondary N) is 1. The average molecular weight is 181 g/mol. The molecule has 0 spiro atoms. The highest BCUT2D eigenvalue weighted by Crippen LogP contribution is 2.28. The first-order chi connectivity index (χ1) is 5.49. The van der Waals surface area contributed by atoms with Gasteiger partial charge in [0, 0.05) is 12.5 Å². The number of carbonyl (C=O) groups excluding carboxylic acids is 1. The molecule has 5 heteroatoms. The lowest BCUT2D eigenvalue weighted by Crippen LogP contribution is -2.38. The quantitative estimate of drug-likeness (QED) is 0.652. The minimum atomic E-state index is -4.22. The van der Waals surface area contributed by atoms with Gasteiger partial charge in [-0.2, -0.15) is 13.2 Å². The van der Waals surface area contributed by atoms with Gasteiger partial charge in [-0.05, 0) is 12.8 Å². The van der Waals surface area contributed by atoms with Crippen molar-refractivity contribution in [1.82, 2.24) is 5.32 Å². The van der Waals surface area contributed by atoms with Gasteiger partial charge in [0.25, 0.3) is 0 Å². The van der Waals surface area contributed by atoms with Crippen LogP contribution < -0.4 is 5.32 Å². The molecule has 0 unspecified atom stereocenters. The van der Waals surface area contributed by atoms with Crippen LogP contribution in [0.1, 0.15) is 19.3 Å². The van der Waals surface area contributed by atoms with Crippen molar-refractivity contribution in [1.29, 1.82) is 0 Å². The highest BCUT2D eigenvalue weighted by atomic mass is 19.4. The van der Waals surface area contributed by atoms with E-state index in [4.69, 9.17) is 0 Å². The van der Waals surface area contributed by atoms with E-state index in [1.54, 1.807) is 0 Å². The van der Waals surface area contributed by atoms with E-state index in [1.807, 2.05) is 0 Å². The molecular weight excluding hydrogens is 171 g/mol. The Morgan fingerprint density at radius 1 is 1.50 bits per heavy atom. The molecule has 0 aromatic rings. The molecule has 0 bridgehead atoms. The maximum Gasteiger partial charge on any atom is 0.389 e. The summed E-state index contributed by atoms with van der Waals surface area (Å²) in [7, 11) is 0. The van der Waals surface area contributed by atoms with E-state index in [-0.39, 0.29) is 0 Å². The van der Waals surface area contributed by atoms with Crippen molar-refractivity contribution in [2.75, 3.05) is 6.54 Å². The fourth-order valence-electron chi connectivity index (χ4n) is 1.31. The molecule has 1 saturated heterocycles. The monoisotopic (exact) mass is 181 g/mol. The van der Waals surface area contributed by atoms with Gasteiger partial charge >= 0.3 is 6.18 Å². The second-order valence-electron chi connectivity index (χ2n) is 2.95. The third-order valence-corrected chi connectivity index (χ3v) is 1.88. The molecule has 1 atom stereocenters. The van der Waals surface area contributed by atoms with E-state index < -0.39 is 24.4 Å². The molecule has 1 rings (SSSR count). The molecule has 1 amide bonds. The number of halogens is 3. The molecule has 2 nitrogen and oxygen atoms in total. The Morgan fingerprint density at radius 3 is 2.67 bits per heavy atom. The zero-order chi connectivity index (χ0) is 9.19. The first-order valence-corrected chi connectivity index (χ1v) is 3.83. The van der Waals surface area contributed by atoms with Gasteiger partial charge in [-0.25, -0.2) is 0 Å². The van der Waals surface area contributed by atoms with Crippen LogP contribution in [0.15, 0.2) is 0 Å². The van der Waals surface area contributed by atoms with Crippen LogP contribution in [0.3, 0.4) is 0 Å². The van der Waals surface area contributed by atoms with Gasteiger partial charge in [0.2, 0.25) is 5.91 Å². The second-order valence-corrected chi connectivity index (χ2v) is 2.95. The summed E-state index contributed by atoms with van der Waals surface area (Å²) in [4.78, 5) is 10.9. The SMILES string of the molecule is O=C1NCCC[C@@H]1CC(F)(F)F. The number of carbonyl (C=O) groups is 1. The third kappa shape index (κ3) is 2.71. The molecule has 1 heterocycles. The lowest BCUT2D eigenvalue weighted by atomic mass is 9.95. The third-order valence-electron chi connectivity index (χ3n) is 1.88. The Bertz CT molecular complexity index is 178. The normalized spacial score (nSPS) is 25.2. The minimum Gasteiger partial charge on any atom is -0.356 e. The fourth-order valence-corrected chi connectivity index (χ4v) is 1.31. The van der Waals surface area contributed by atoms with E-state index in [1.165, 1.54) is 0 Å². The van der Waals surface area contributed by atoms with Crippen LogP contribution in [-0.4, -0.2) is 18.6 Å². The summed E-state index contributed by atoms with van der Waals surface area (Å²) in [6, 6.07) is 0. The fraction of sp³-hybridized carbons (Fsp3) is 0.857. The van der Waals surface area contributed by atoms with Gasteiger partial charge in [0.15, 0.2) is 0 Å². The maximum absolute atomic E-state index is 11.8. The van der Waals surface area contributed by atoms with E-state index in [9.17, 15) is 18.0 Å². The Balaban J connectivity index is 2.45. The van der Waals surface area contributed by atoms with Crippen LogP contribution in [0.4, 0.5) is 13.2 Å². The van der Waals surface area contributed by atoms with E-state index >= 15 is 0 Å². The number of hydrogen-bond acceptors (Lipinski definition) is 1. The highest BCUT2D eigenvalue weighted by Gasteiger charge is 2.35. The number of amides is 1. The molecule has 0 aromatic heterocycles. The van der Waals surface area contributed by atoms with Gasteiger partial charge in [-0.3, -0.25) is 4.79 Å². The second kappa shape index (κ2) is 3.33.